The van der Waals surface area contributed by atoms with Crippen LogP contribution >= 0.6 is 11.6 Å². The average Bonchev–Trinajstić information content (AvgIpc) is 2.49. The maximum Gasteiger partial charge on any atom is 0.337 e. The Morgan fingerprint density at radius 2 is 1.81 bits per heavy atom. The lowest BCUT2D eigenvalue weighted by Gasteiger charge is -2.05. The minimum absolute atomic E-state index is 0.0188. The number of nitrogens with zero attached hydrogens (tertiary/aromatic N) is 2. The second-order valence-electron chi connectivity index (χ2n) is 3.82. The minimum atomic E-state index is -0.777. The summed E-state index contributed by atoms with van der Waals surface area (Å²) in [5.74, 6) is 0. The Hall–Kier alpha value is -1.55. The number of halogens is 1. The smallest absolute Gasteiger partial charge is 0.289 e. The molecule has 0 amide bonds. The standard InChI is InChI=1S/C11H11ClN2O2/c1-7(2)13-8-5-3-4-6-9(8)14(10(12)15)11(13)16/h3-7H,1-2H3. The average molecular weight is 239 g/mol. The van der Waals surface area contributed by atoms with Crippen molar-refractivity contribution in [3.63, 3.8) is 0 Å². The van der Waals surface area contributed by atoms with Crippen molar-refractivity contribution in [3.05, 3.63) is 34.7 Å². The highest BCUT2D eigenvalue weighted by atomic mass is 35.5. The Bertz CT molecular complexity index is 610. The van der Waals surface area contributed by atoms with Crippen LogP contribution < -0.4 is 5.69 Å². The van der Waals surface area contributed by atoms with E-state index in [1.54, 1.807) is 22.8 Å². The SMILES string of the molecule is CC(C)n1c(=O)n(C(=O)Cl)c2ccccc21. The van der Waals surface area contributed by atoms with Gasteiger partial charge in [0.15, 0.2) is 0 Å². The van der Waals surface area contributed by atoms with Gasteiger partial charge in [0.1, 0.15) is 0 Å². The zero-order chi connectivity index (χ0) is 11.9. The van der Waals surface area contributed by atoms with Crippen LogP contribution in [0.5, 0.6) is 0 Å². The van der Waals surface area contributed by atoms with Crippen LogP contribution in [0.4, 0.5) is 4.79 Å². The van der Waals surface area contributed by atoms with Gasteiger partial charge >= 0.3 is 11.1 Å². The molecule has 0 spiro atoms. The molecule has 5 heteroatoms. The molecule has 2 aromatic rings. The largest absolute Gasteiger partial charge is 0.337 e. The summed E-state index contributed by atoms with van der Waals surface area (Å²) >= 11 is 5.42. The number of hydrogen-bond acceptors (Lipinski definition) is 2. The predicted octanol–water partition coefficient (Wildman–Crippen LogP) is 2.59. The summed E-state index contributed by atoms with van der Waals surface area (Å²) in [6.45, 7) is 3.77. The monoisotopic (exact) mass is 238 g/mol. The summed E-state index contributed by atoms with van der Waals surface area (Å²) in [7, 11) is 0. The normalized spacial score (nSPS) is 11.2. The Morgan fingerprint density at radius 3 is 2.31 bits per heavy atom. The Morgan fingerprint density at radius 1 is 1.25 bits per heavy atom. The number of carbonyl (C=O) groups excluding carboxylic acids is 1. The van der Waals surface area contributed by atoms with E-state index < -0.39 is 11.1 Å². The van der Waals surface area contributed by atoms with Gasteiger partial charge in [0.2, 0.25) is 0 Å². The fourth-order valence-electron chi connectivity index (χ4n) is 1.84. The molecule has 0 atom stereocenters. The summed E-state index contributed by atoms with van der Waals surface area (Å²) in [4.78, 5) is 23.2. The fraction of sp³-hybridized carbons (Fsp3) is 0.273. The molecular weight excluding hydrogens is 228 g/mol. The molecule has 0 N–H and O–H groups in total. The third-order valence-electron chi connectivity index (χ3n) is 2.47. The van der Waals surface area contributed by atoms with Crippen LogP contribution in [0.3, 0.4) is 0 Å². The molecule has 0 saturated carbocycles. The number of aromatic nitrogens is 2. The van der Waals surface area contributed by atoms with Crippen LogP contribution in [0.1, 0.15) is 19.9 Å². The first-order valence-electron chi connectivity index (χ1n) is 4.96. The highest BCUT2D eigenvalue weighted by Gasteiger charge is 2.17. The number of carbonyl (C=O) groups is 1. The van der Waals surface area contributed by atoms with Crippen molar-refractivity contribution in [1.82, 2.24) is 9.13 Å². The number of para-hydroxylation sites is 2. The van der Waals surface area contributed by atoms with E-state index in [0.29, 0.717) is 5.52 Å². The third kappa shape index (κ3) is 1.46. The van der Waals surface area contributed by atoms with Gasteiger partial charge in [-0.3, -0.25) is 9.36 Å². The number of imidazole rings is 1. The zero-order valence-corrected chi connectivity index (χ0v) is 9.73. The lowest BCUT2D eigenvalue weighted by Crippen LogP contribution is -2.27. The summed E-state index contributed by atoms with van der Waals surface area (Å²) in [5.41, 5.74) is 0.869. The topological polar surface area (TPSA) is 44.0 Å². The molecule has 0 unspecified atom stereocenters. The van der Waals surface area contributed by atoms with Crippen molar-refractivity contribution < 1.29 is 4.79 Å². The zero-order valence-electron chi connectivity index (χ0n) is 8.98. The molecule has 84 valence electrons. The third-order valence-corrected chi connectivity index (χ3v) is 2.64. The van der Waals surface area contributed by atoms with Crippen LogP contribution in [0.15, 0.2) is 29.1 Å². The first-order chi connectivity index (χ1) is 7.54. The van der Waals surface area contributed by atoms with Gasteiger partial charge in [0, 0.05) is 6.04 Å². The number of benzene rings is 1. The Kier molecular flexibility index (Phi) is 2.59. The van der Waals surface area contributed by atoms with E-state index >= 15 is 0 Å². The molecule has 4 nitrogen and oxygen atoms in total. The highest BCUT2D eigenvalue weighted by Crippen LogP contribution is 2.17. The molecule has 0 aliphatic carbocycles. The molecule has 0 aliphatic heterocycles. The predicted molar refractivity (Wildman–Crippen MR) is 63.2 cm³/mol. The van der Waals surface area contributed by atoms with Gasteiger partial charge in [-0.2, -0.15) is 0 Å². The summed E-state index contributed by atoms with van der Waals surface area (Å²) in [5, 5.41) is -0.777. The first-order valence-corrected chi connectivity index (χ1v) is 5.33. The molecule has 1 aromatic carbocycles. The van der Waals surface area contributed by atoms with Crippen LogP contribution in [0, 0.1) is 0 Å². The van der Waals surface area contributed by atoms with Crippen molar-refractivity contribution in [2.45, 2.75) is 19.9 Å². The van der Waals surface area contributed by atoms with Gasteiger partial charge < -0.3 is 0 Å². The molecule has 0 radical (unpaired) electrons. The van der Waals surface area contributed by atoms with E-state index in [4.69, 9.17) is 11.6 Å². The van der Waals surface area contributed by atoms with E-state index in [-0.39, 0.29) is 6.04 Å². The molecule has 0 fully saturated rings. The molecule has 1 heterocycles. The van der Waals surface area contributed by atoms with Crippen molar-refractivity contribution in [2.24, 2.45) is 0 Å². The quantitative estimate of drug-likeness (QED) is 0.717. The van der Waals surface area contributed by atoms with Crippen molar-refractivity contribution >= 4 is 28.0 Å². The fourth-order valence-corrected chi connectivity index (χ4v) is 2.00. The first kappa shape index (κ1) is 11.0. The maximum atomic E-state index is 12.0. The Labute approximate surface area is 97.0 Å². The van der Waals surface area contributed by atoms with Gasteiger partial charge in [-0.1, -0.05) is 12.1 Å². The van der Waals surface area contributed by atoms with Crippen LogP contribution in [0.2, 0.25) is 0 Å². The van der Waals surface area contributed by atoms with Gasteiger partial charge in [0.05, 0.1) is 11.0 Å². The molecular formula is C11H11ClN2O2. The van der Waals surface area contributed by atoms with Gasteiger partial charge in [-0.15, -0.1) is 0 Å². The van der Waals surface area contributed by atoms with Gasteiger partial charge in [0.25, 0.3) is 0 Å². The summed E-state index contributed by atoms with van der Waals surface area (Å²) in [6, 6.07) is 7.07. The molecule has 1 aromatic heterocycles. The van der Waals surface area contributed by atoms with Crippen molar-refractivity contribution in [1.29, 1.82) is 0 Å². The van der Waals surface area contributed by atoms with Crippen LogP contribution in [-0.2, 0) is 0 Å². The van der Waals surface area contributed by atoms with Gasteiger partial charge in [-0.05, 0) is 37.6 Å². The molecule has 2 rings (SSSR count). The van der Waals surface area contributed by atoms with Crippen LogP contribution in [-0.4, -0.2) is 14.5 Å². The lowest BCUT2D eigenvalue weighted by molar-refractivity contribution is 0.261. The van der Waals surface area contributed by atoms with E-state index in [1.165, 1.54) is 0 Å². The van der Waals surface area contributed by atoms with E-state index in [9.17, 15) is 9.59 Å². The highest BCUT2D eigenvalue weighted by molar-refractivity contribution is 6.63. The second-order valence-corrected chi connectivity index (χ2v) is 4.15. The molecule has 0 aliphatic rings. The molecule has 0 bridgehead atoms. The molecule has 16 heavy (non-hydrogen) atoms. The lowest BCUT2D eigenvalue weighted by atomic mass is 10.3. The van der Waals surface area contributed by atoms with Crippen LogP contribution in [0.25, 0.3) is 11.0 Å². The van der Waals surface area contributed by atoms with Crippen molar-refractivity contribution in [2.75, 3.05) is 0 Å². The van der Waals surface area contributed by atoms with Gasteiger partial charge in [-0.25, -0.2) is 9.36 Å². The number of rotatable bonds is 1. The number of hydrogen-bond donors (Lipinski definition) is 0. The Balaban J connectivity index is 2.97. The van der Waals surface area contributed by atoms with E-state index in [0.717, 1.165) is 10.1 Å². The maximum absolute atomic E-state index is 12.0. The summed E-state index contributed by atoms with van der Waals surface area (Å²) in [6.07, 6.45) is 0. The number of fused-ring (bicyclic) bond motifs is 1. The van der Waals surface area contributed by atoms with Crippen molar-refractivity contribution in [3.8, 4) is 0 Å². The summed E-state index contributed by atoms with van der Waals surface area (Å²) < 4.78 is 2.53. The van der Waals surface area contributed by atoms with E-state index in [1.807, 2.05) is 19.9 Å². The molecule has 0 saturated heterocycles. The van der Waals surface area contributed by atoms with E-state index in [2.05, 4.69) is 0 Å². The minimum Gasteiger partial charge on any atom is -0.289 e. The second kappa shape index (κ2) is 3.79.